The number of benzene rings is 2. The number of aromatic nitrogens is 1. The van der Waals surface area contributed by atoms with Gasteiger partial charge >= 0.3 is 0 Å². The number of aromatic hydroxyl groups is 1. The molecule has 0 radical (unpaired) electrons. The first-order chi connectivity index (χ1) is 13.0. The number of aromatic amines is 1. The molecule has 2 heterocycles. The lowest BCUT2D eigenvalue weighted by atomic mass is 9.91. The Labute approximate surface area is 172 Å². The van der Waals surface area contributed by atoms with Crippen LogP contribution in [-0.2, 0) is 5.41 Å². The van der Waals surface area contributed by atoms with Gasteiger partial charge in [-0.05, 0) is 47.9 Å². The van der Waals surface area contributed by atoms with E-state index in [1.165, 1.54) is 16.9 Å². The lowest BCUT2D eigenvalue weighted by Gasteiger charge is -2.16. The summed E-state index contributed by atoms with van der Waals surface area (Å²) in [4.78, 5) is 15.4. The minimum Gasteiger partial charge on any atom is -0.507 e. The number of H-pyrrole nitrogens is 1. The summed E-state index contributed by atoms with van der Waals surface area (Å²) in [6, 6.07) is 10.1. The van der Waals surface area contributed by atoms with Gasteiger partial charge in [-0.25, -0.2) is 0 Å². The molecule has 0 saturated heterocycles. The van der Waals surface area contributed by atoms with E-state index in [0.29, 0.717) is 11.9 Å². The number of phenolic OH excluding ortho intramolecular Hbond substituents is 1. The van der Waals surface area contributed by atoms with Crippen molar-refractivity contribution in [2.75, 3.05) is 6.54 Å². The highest BCUT2D eigenvalue weighted by Crippen LogP contribution is 2.48. The van der Waals surface area contributed by atoms with E-state index in [1.54, 1.807) is 6.07 Å². The molecule has 0 bridgehead atoms. The van der Waals surface area contributed by atoms with Crippen molar-refractivity contribution >= 4 is 45.4 Å². The normalized spacial score (nSPS) is 14.9. The molecule has 5 rings (SSSR count). The molecule has 0 aliphatic heterocycles. The number of nitrogens with one attached hydrogen (secondary N) is 1. The number of hydrogen-bond acceptors (Lipinski definition) is 4. The zero-order valence-corrected chi connectivity index (χ0v) is 17.0. The fraction of sp³-hybridized carbons (Fsp3) is 0.227. The summed E-state index contributed by atoms with van der Waals surface area (Å²) in [5.41, 5.74) is 10.6. The van der Waals surface area contributed by atoms with Gasteiger partial charge in [-0.1, -0.05) is 24.3 Å². The summed E-state index contributed by atoms with van der Waals surface area (Å²) >= 11 is 1.50. The third-order valence-corrected chi connectivity index (χ3v) is 6.69. The number of pyridine rings is 1. The molecule has 2 aromatic carbocycles. The van der Waals surface area contributed by atoms with Crippen LogP contribution in [-0.4, -0.2) is 16.6 Å². The van der Waals surface area contributed by atoms with Crippen LogP contribution in [0.5, 0.6) is 5.75 Å². The molecular weight excluding hydrogens is 392 g/mol. The fourth-order valence-electron chi connectivity index (χ4n) is 4.12. The van der Waals surface area contributed by atoms with E-state index in [2.05, 4.69) is 29.2 Å². The molecule has 4 aromatic rings. The van der Waals surface area contributed by atoms with E-state index in [4.69, 9.17) is 5.73 Å². The van der Waals surface area contributed by atoms with Gasteiger partial charge in [0.25, 0.3) is 5.56 Å². The Morgan fingerprint density at radius 2 is 1.86 bits per heavy atom. The molecule has 2 aromatic heterocycles. The lowest BCUT2D eigenvalue weighted by Crippen LogP contribution is -2.19. The highest BCUT2D eigenvalue weighted by molar-refractivity contribution is 7.09. The van der Waals surface area contributed by atoms with Gasteiger partial charge in [0.2, 0.25) is 0 Å². The molecule has 1 saturated carbocycles. The van der Waals surface area contributed by atoms with Crippen molar-refractivity contribution in [2.45, 2.75) is 25.2 Å². The third kappa shape index (κ3) is 2.65. The standard InChI is InChI=1S/C22H20N2O2S.ClH/c1-12-8-17(25)18(13-2-4-14(5-3-13)22(11-23)6-7-22)19-15-9-27-10-16(15)21(26)24-20(12)19;/h2-5,8-10,25H,6-7,11,23H2,1H3,(H,24,26);1H. The van der Waals surface area contributed by atoms with Crippen LogP contribution in [0, 0.1) is 6.92 Å². The number of hydrogen-bond donors (Lipinski definition) is 3. The Morgan fingerprint density at radius 1 is 1.18 bits per heavy atom. The van der Waals surface area contributed by atoms with Crippen molar-refractivity contribution in [3.8, 4) is 16.9 Å². The monoisotopic (exact) mass is 412 g/mol. The van der Waals surface area contributed by atoms with Crippen LogP contribution in [0.25, 0.3) is 32.8 Å². The molecule has 0 unspecified atom stereocenters. The van der Waals surface area contributed by atoms with Gasteiger partial charge in [0.15, 0.2) is 0 Å². The van der Waals surface area contributed by atoms with Crippen molar-refractivity contribution < 1.29 is 5.11 Å². The highest BCUT2D eigenvalue weighted by atomic mass is 35.5. The quantitative estimate of drug-likeness (QED) is 0.450. The lowest BCUT2D eigenvalue weighted by molar-refractivity contribution is 0.477. The Hall–Kier alpha value is -2.34. The molecule has 0 amide bonds. The van der Waals surface area contributed by atoms with Gasteiger partial charge in [0, 0.05) is 33.7 Å². The number of thiophene rings is 1. The van der Waals surface area contributed by atoms with Crippen LogP contribution in [0.2, 0.25) is 0 Å². The molecule has 0 atom stereocenters. The maximum Gasteiger partial charge on any atom is 0.257 e. The van der Waals surface area contributed by atoms with Crippen LogP contribution < -0.4 is 11.3 Å². The molecule has 1 aliphatic carbocycles. The van der Waals surface area contributed by atoms with Crippen molar-refractivity contribution in [1.82, 2.24) is 4.98 Å². The predicted molar refractivity (Wildman–Crippen MR) is 119 cm³/mol. The van der Waals surface area contributed by atoms with E-state index in [-0.39, 0.29) is 29.1 Å². The molecule has 1 fully saturated rings. The maximum absolute atomic E-state index is 12.4. The minimum absolute atomic E-state index is 0. The molecule has 0 spiro atoms. The number of phenols is 1. The van der Waals surface area contributed by atoms with Gasteiger partial charge in [-0.15, -0.1) is 12.4 Å². The van der Waals surface area contributed by atoms with Crippen LogP contribution in [0.4, 0.5) is 0 Å². The summed E-state index contributed by atoms with van der Waals surface area (Å²) in [6.45, 7) is 2.57. The Bertz CT molecular complexity index is 1250. The Kier molecular flexibility index (Phi) is 4.49. The first-order valence-corrected chi connectivity index (χ1v) is 10.0. The van der Waals surface area contributed by atoms with E-state index in [0.717, 1.165) is 45.8 Å². The fourth-order valence-corrected chi connectivity index (χ4v) is 4.94. The predicted octanol–water partition coefficient (Wildman–Crippen LogP) is 4.84. The zero-order chi connectivity index (χ0) is 18.8. The van der Waals surface area contributed by atoms with Crippen molar-refractivity contribution in [2.24, 2.45) is 5.73 Å². The topological polar surface area (TPSA) is 79.1 Å². The average molecular weight is 413 g/mol. The first kappa shape index (κ1) is 19.0. The number of rotatable bonds is 3. The Balaban J connectivity index is 0.00000192. The second-order valence-corrected chi connectivity index (χ2v) is 8.30. The maximum atomic E-state index is 12.4. The molecule has 1 aliphatic rings. The van der Waals surface area contributed by atoms with Crippen molar-refractivity contribution in [3.63, 3.8) is 0 Å². The summed E-state index contributed by atoms with van der Waals surface area (Å²) in [6.07, 6.45) is 2.27. The minimum atomic E-state index is -0.0903. The number of fused-ring (bicyclic) bond motifs is 3. The van der Waals surface area contributed by atoms with Gasteiger partial charge < -0.3 is 15.8 Å². The molecule has 6 heteroatoms. The third-order valence-electron chi connectivity index (χ3n) is 5.95. The molecule has 144 valence electrons. The second-order valence-electron chi connectivity index (χ2n) is 7.55. The second kappa shape index (κ2) is 6.62. The summed E-state index contributed by atoms with van der Waals surface area (Å²) in [7, 11) is 0. The molecular formula is C22H21ClN2O2S. The van der Waals surface area contributed by atoms with Crippen LogP contribution in [0.3, 0.4) is 0 Å². The van der Waals surface area contributed by atoms with Gasteiger partial charge in [-0.2, -0.15) is 11.3 Å². The van der Waals surface area contributed by atoms with E-state index < -0.39 is 0 Å². The molecule has 4 N–H and O–H groups in total. The summed E-state index contributed by atoms with van der Waals surface area (Å²) < 4.78 is 0. The molecule has 4 nitrogen and oxygen atoms in total. The number of halogens is 1. The number of aryl methyl sites for hydroxylation is 1. The highest BCUT2D eigenvalue weighted by Gasteiger charge is 2.42. The van der Waals surface area contributed by atoms with Gasteiger partial charge in [0.05, 0.1) is 10.9 Å². The van der Waals surface area contributed by atoms with Gasteiger partial charge in [-0.3, -0.25) is 4.79 Å². The molecule has 28 heavy (non-hydrogen) atoms. The average Bonchev–Trinajstić information content (AvgIpc) is 3.31. The van der Waals surface area contributed by atoms with Crippen LogP contribution in [0.15, 0.2) is 45.9 Å². The van der Waals surface area contributed by atoms with Crippen LogP contribution in [0.1, 0.15) is 24.0 Å². The summed E-state index contributed by atoms with van der Waals surface area (Å²) in [5.74, 6) is 0.229. The first-order valence-electron chi connectivity index (χ1n) is 9.09. The SMILES string of the molecule is Cc1cc(O)c(-c2ccc(C3(CN)CC3)cc2)c2c1[nH]c(=O)c1cscc12.Cl. The van der Waals surface area contributed by atoms with E-state index in [1.807, 2.05) is 17.7 Å². The van der Waals surface area contributed by atoms with Crippen molar-refractivity contribution in [3.05, 3.63) is 62.6 Å². The van der Waals surface area contributed by atoms with Gasteiger partial charge in [0.1, 0.15) is 5.75 Å². The van der Waals surface area contributed by atoms with Crippen LogP contribution >= 0.6 is 23.7 Å². The van der Waals surface area contributed by atoms with E-state index >= 15 is 0 Å². The van der Waals surface area contributed by atoms with Crippen molar-refractivity contribution in [1.29, 1.82) is 0 Å². The smallest absolute Gasteiger partial charge is 0.257 e. The largest absolute Gasteiger partial charge is 0.507 e. The number of nitrogens with two attached hydrogens (primary N) is 1. The zero-order valence-electron chi connectivity index (χ0n) is 15.4. The van der Waals surface area contributed by atoms with E-state index in [9.17, 15) is 9.90 Å². The summed E-state index contributed by atoms with van der Waals surface area (Å²) in [5, 5.41) is 17.1. The Morgan fingerprint density at radius 3 is 2.50 bits per heavy atom.